The predicted octanol–water partition coefficient (Wildman–Crippen LogP) is 0.681. The van der Waals surface area contributed by atoms with Crippen LogP contribution in [0.4, 0.5) is 0 Å². The molecule has 1 N–H and O–H groups in total. The van der Waals surface area contributed by atoms with Gasteiger partial charge in [0.25, 0.3) is 0 Å². The lowest BCUT2D eigenvalue weighted by Crippen LogP contribution is -2.47. The average molecular weight is 239 g/mol. The molecule has 1 unspecified atom stereocenters. The van der Waals surface area contributed by atoms with E-state index in [2.05, 4.69) is 22.0 Å². The first kappa shape index (κ1) is 12.8. The van der Waals surface area contributed by atoms with E-state index in [9.17, 15) is 4.79 Å². The van der Waals surface area contributed by atoms with E-state index >= 15 is 0 Å². The van der Waals surface area contributed by atoms with Crippen molar-refractivity contribution < 1.29 is 4.79 Å². The van der Waals surface area contributed by atoms with Crippen molar-refractivity contribution in [1.29, 1.82) is 0 Å². The summed E-state index contributed by atoms with van der Waals surface area (Å²) in [4.78, 5) is 16.7. The molecule has 0 aliphatic carbocycles. The number of likely N-dealkylation sites (tertiary alicyclic amines) is 2. The van der Waals surface area contributed by atoms with E-state index in [1.165, 1.54) is 13.0 Å². The van der Waals surface area contributed by atoms with Crippen LogP contribution in [0.1, 0.15) is 32.6 Å². The van der Waals surface area contributed by atoms with Gasteiger partial charge in [0.2, 0.25) is 5.91 Å². The van der Waals surface area contributed by atoms with Gasteiger partial charge in [-0.05, 0) is 39.3 Å². The zero-order valence-corrected chi connectivity index (χ0v) is 11.1. The van der Waals surface area contributed by atoms with Crippen molar-refractivity contribution in [3.63, 3.8) is 0 Å². The highest BCUT2D eigenvalue weighted by Crippen LogP contribution is 2.22. The second-order valence-corrected chi connectivity index (χ2v) is 5.23. The number of piperidine rings is 1. The number of rotatable bonds is 4. The van der Waals surface area contributed by atoms with Crippen LogP contribution in [-0.2, 0) is 4.79 Å². The van der Waals surface area contributed by atoms with Crippen molar-refractivity contribution in [3.8, 4) is 0 Å². The van der Waals surface area contributed by atoms with Crippen LogP contribution in [0, 0.1) is 0 Å². The molecule has 0 aromatic heterocycles. The Balaban J connectivity index is 1.83. The minimum atomic E-state index is 0.0728. The van der Waals surface area contributed by atoms with Crippen LogP contribution in [0.5, 0.6) is 0 Å². The Morgan fingerprint density at radius 2 is 1.94 bits per heavy atom. The molecule has 2 aliphatic rings. The first-order valence-corrected chi connectivity index (χ1v) is 6.96. The highest BCUT2D eigenvalue weighted by atomic mass is 16.2. The fraction of sp³-hybridized carbons (Fsp3) is 0.923. The fourth-order valence-electron chi connectivity index (χ4n) is 3.10. The maximum atomic E-state index is 12.1. The summed E-state index contributed by atoms with van der Waals surface area (Å²) in [6, 6.07) is 0.567. The third-order valence-corrected chi connectivity index (χ3v) is 4.13. The molecule has 0 bridgehead atoms. The Kier molecular flexibility index (Phi) is 4.40. The number of amides is 1. The highest BCUT2D eigenvalue weighted by Gasteiger charge is 2.35. The van der Waals surface area contributed by atoms with Gasteiger partial charge in [0, 0.05) is 25.7 Å². The normalized spacial score (nSPS) is 28.0. The molecule has 0 saturated carbocycles. The summed E-state index contributed by atoms with van der Waals surface area (Å²) in [5.41, 5.74) is 0. The molecular formula is C13H25N3O. The lowest BCUT2D eigenvalue weighted by atomic mass is 10.0. The maximum absolute atomic E-state index is 12.1. The molecule has 1 amide bonds. The van der Waals surface area contributed by atoms with E-state index in [4.69, 9.17) is 0 Å². The second-order valence-electron chi connectivity index (χ2n) is 5.23. The van der Waals surface area contributed by atoms with E-state index in [0.29, 0.717) is 11.9 Å². The number of carbonyl (C=O) groups excluding carboxylic acids is 1. The molecule has 0 spiro atoms. The summed E-state index contributed by atoms with van der Waals surface area (Å²) in [7, 11) is 1.88. The number of hydrogen-bond acceptors (Lipinski definition) is 3. The fourth-order valence-corrected chi connectivity index (χ4v) is 3.10. The van der Waals surface area contributed by atoms with Crippen LogP contribution in [0.3, 0.4) is 0 Å². The minimum absolute atomic E-state index is 0.0728. The van der Waals surface area contributed by atoms with Gasteiger partial charge in [0.1, 0.15) is 0 Å². The molecule has 0 aromatic carbocycles. The van der Waals surface area contributed by atoms with E-state index in [1.807, 2.05) is 7.05 Å². The molecule has 98 valence electrons. The SMILES string of the molecule is CCCN1CCC(N2CCC(NC)C2=O)CC1. The Morgan fingerprint density at radius 3 is 2.47 bits per heavy atom. The Labute approximate surface area is 104 Å². The van der Waals surface area contributed by atoms with Gasteiger partial charge in [-0.3, -0.25) is 4.79 Å². The number of nitrogens with zero attached hydrogens (tertiary/aromatic N) is 2. The summed E-state index contributed by atoms with van der Waals surface area (Å²) in [5.74, 6) is 0.321. The van der Waals surface area contributed by atoms with Crippen molar-refractivity contribution in [2.24, 2.45) is 0 Å². The molecule has 1 atom stereocenters. The van der Waals surface area contributed by atoms with Gasteiger partial charge in [0.15, 0.2) is 0 Å². The Morgan fingerprint density at radius 1 is 1.24 bits per heavy atom. The lowest BCUT2D eigenvalue weighted by Gasteiger charge is -2.36. The zero-order valence-electron chi connectivity index (χ0n) is 11.1. The lowest BCUT2D eigenvalue weighted by molar-refractivity contribution is -0.132. The van der Waals surface area contributed by atoms with E-state index in [-0.39, 0.29) is 6.04 Å². The van der Waals surface area contributed by atoms with Crippen molar-refractivity contribution >= 4 is 5.91 Å². The van der Waals surface area contributed by atoms with Crippen molar-refractivity contribution in [3.05, 3.63) is 0 Å². The summed E-state index contributed by atoms with van der Waals surface area (Å²) in [6.45, 7) is 6.70. The molecule has 2 heterocycles. The van der Waals surface area contributed by atoms with Crippen molar-refractivity contribution in [2.75, 3.05) is 33.2 Å². The third-order valence-electron chi connectivity index (χ3n) is 4.13. The summed E-state index contributed by atoms with van der Waals surface area (Å²) in [6.07, 6.45) is 4.52. The molecule has 2 rings (SSSR count). The van der Waals surface area contributed by atoms with Gasteiger partial charge in [-0.2, -0.15) is 0 Å². The molecule has 4 nitrogen and oxygen atoms in total. The van der Waals surface area contributed by atoms with Gasteiger partial charge < -0.3 is 15.1 Å². The van der Waals surface area contributed by atoms with Gasteiger partial charge in [0.05, 0.1) is 6.04 Å². The first-order chi connectivity index (χ1) is 8.26. The van der Waals surface area contributed by atoms with Gasteiger partial charge in [-0.25, -0.2) is 0 Å². The maximum Gasteiger partial charge on any atom is 0.240 e. The second kappa shape index (κ2) is 5.83. The molecule has 0 radical (unpaired) electrons. The summed E-state index contributed by atoms with van der Waals surface area (Å²) >= 11 is 0. The molecular weight excluding hydrogens is 214 g/mol. The molecule has 2 aliphatic heterocycles. The van der Waals surface area contributed by atoms with E-state index < -0.39 is 0 Å². The third kappa shape index (κ3) is 2.80. The molecule has 17 heavy (non-hydrogen) atoms. The molecule has 0 aromatic rings. The molecule has 2 saturated heterocycles. The first-order valence-electron chi connectivity index (χ1n) is 6.96. The Bertz CT molecular complexity index is 261. The van der Waals surface area contributed by atoms with Gasteiger partial charge >= 0.3 is 0 Å². The molecule has 2 fully saturated rings. The largest absolute Gasteiger partial charge is 0.338 e. The van der Waals surface area contributed by atoms with Crippen LogP contribution in [0.15, 0.2) is 0 Å². The minimum Gasteiger partial charge on any atom is -0.338 e. The predicted molar refractivity (Wildman–Crippen MR) is 68.9 cm³/mol. The number of hydrogen-bond donors (Lipinski definition) is 1. The monoisotopic (exact) mass is 239 g/mol. The van der Waals surface area contributed by atoms with Gasteiger partial charge in [-0.1, -0.05) is 6.92 Å². The van der Waals surface area contributed by atoms with Crippen molar-refractivity contribution in [2.45, 2.75) is 44.7 Å². The van der Waals surface area contributed by atoms with Crippen LogP contribution in [0.25, 0.3) is 0 Å². The molecule has 4 heteroatoms. The number of carbonyl (C=O) groups is 1. The topological polar surface area (TPSA) is 35.6 Å². The smallest absolute Gasteiger partial charge is 0.240 e. The van der Waals surface area contributed by atoms with E-state index in [1.54, 1.807) is 0 Å². The Hall–Kier alpha value is -0.610. The quantitative estimate of drug-likeness (QED) is 0.784. The van der Waals surface area contributed by atoms with Crippen LogP contribution < -0.4 is 5.32 Å². The summed E-state index contributed by atoms with van der Waals surface area (Å²) in [5, 5.41) is 3.11. The zero-order chi connectivity index (χ0) is 12.3. The number of likely N-dealkylation sites (N-methyl/N-ethyl adjacent to an activating group) is 1. The van der Waals surface area contributed by atoms with Crippen LogP contribution in [-0.4, -0.2) is 61.0 Å². The van der Waals surface area contributed by atoms with E-state index in [0.717, 1.165) is 38.9 Å². The van der Waals surface area contributed by atoms with Gasteiger partial charge in [-0.15, -0.1) is 0 Å². The highest BCUT2D eigenvalue weighted by molar-refractivity contribution is 5.84. The number of nitrogens with one attached hydrogen (secondary N) is 1. The van der Waals surface area contributed by atoms with Crippen LogP contribution in [0.2, 0.25) is 0 Å². The summed E-state index contributed by atoms with van der Waals surface area (Å²) < 4.78 is 0. The standard InChI is InChI=1S/C13H25N3O/c1-3-7-15-8-4-11(5-9-15)16-10-6-12(14-2)13(16)17/h11-12,14H,3-10H2,1-2H3. The average Bonchev–Trinajstić information content (AvgIpc) is 2.72. The van der Waals surface area contributed by atoms with Crippen LogP contribution >= 0.6 is 0 Å². The van der Waals surface area contributed by atoms with Crippen molar-refractivity contribution in [1.82, 2.24) is 15.1 Å².